The highest BCUT2D eigenvalue weighted by Gasteiger charge is 2.36. The number of rotatable bonds is 8. The lowest BCUT2D eigenvalue weighted by Crippen LogP contribution is -2.54. The van der Waals surface area contributed by atoms with Gasteiger partial charge in [-0.15, -0.1) is 0 Å². The van der Waals surface area contributed by atoms with Crippen molar-refractivity contribution in [3.05, 3.63) is 29.8 Å². The highest BCUT2D eigenvalue weighted by atomic mass is 16.6. The quantitative estimate of drug-likeness (QED) is 0.520. The largest absolute Gasteiger partial charge is 0.508 e. The van der Waals surface area contributed by atoms with Crippen LogP contribution in [0.1, 0.15) is 84.7 Å². The lowest BCUT2D eigenvalue weighted by Gasteiger charge is -2.34. The van der Waals surface area contributed by atoms with Crippen LogP contribution in [0.25, 0.3) is 0 Å². The van der Waals surface area contributed by atoms with Crippen molar-refractivity contribution in [1.82, 2.24) is 15.5 Å². The molecule has 1 aliphatic rings. The van der Waals surface area contributed by atoms with Crippen molar-refractivity contribution in [2.75, 3.05) is 7.05 Å². The molecular weight excluding hydrogens is 434 g/mol. The molecule has 8 nitrogen and oxygen atoms in total. The van der Waals surface area contributed by atoms with Gasteiger partial charge in [0.05, 0.1) is 0 Å². The van der Waals surface area contributed by atoms with Crippen molar-refractivity contribution in [1.29, 1.82) is 0 Å². The summed E-state index contributed by atoms with van der Waals surface area (Å²) in [5, 5.41) is 15.8. The van der Waals surface area contributed by atoms with E-state index in [4.69, 9.17) is 4.74 Å². The number of benzene rings is 1. The topological polar surface area (TPSA) is 108 Å². The van der Waals surface area contributed by atoms with E-state index in [2.05, 4.69) is 10.6 Å². The first-order valence-electron chi connectivity index (χ1n) is 12.3. The van der Waals surface area contributed by atoms with Gasteiger partial charge in [0, 0.05) is 13.1 Å². The van der Waals surface area contributed by atoms with Gasteiger partial charge in [-0.05, 0) is 57.2 Å². The molecule has 0 aromatic heterocycles. The number of carbonyl (C=O) groups excluding carboxylic acids is 3. The maximum absolute atomic E-state index is 13.7. The van der Waals surface area contributed by atoms with Crippen LogP contribution in [0.15, 0.2) is 24.3 Å². The summed E-state index contributed by atoms with van der Waals surface area (Å²) in [5.74, 6) is -0.867. The number of carbonyl (C=O) groups is 3. The standard InChI is InChI=1S/C26H41N3O5/c1-7-17(2)21(28-25(33)34-26(3,4)5)24(32)29(6)22(18-12-11-15-20(30)16-18)23(31)27-19-13-9-8-10-14-19/h11-12,15-17,19,21-22,30H,7-10,13-14H2,1-6H3,(H,27,31)(H,28,33). The molecule has 0 spiro atoms. The fourth-order valence-corrected chi connectivity index (χ4v) is 4.24. The van der Waals surface area contributed by atoms with Gasteiger partial charge in [0.2, 0.25) is 11.8 Å². The summed E-state index contributed by atoms with van der Waals surface area (Å²) < 4.78 is 5.37. The van der Waals surface area contributed by atoms with Crippen LogP contribution in [0.4, 0.5) is 4.79 Å². The van der Waals surface area contributed by atoms with Crippen LogP contribution in [0.5, 0.6) is 5.75 Å². The second-order valence-corrected chi connectivity index (χ2v) is 10.3. The minimum absolute atomic E-state index is 0.0131. The SMILES string of the molecule is CCC(C)C(NC(=O)OC(C)(C)C)C(=O)N(C)C(C(=O)NC1CCCCC1)c1cccc(O)c1. The van der Waals surface area contributed by atoms with E-state index in [0.29, 0.717) is 12.0 Å². The van der Waals surface area contributed by atoms with Gasteiger partial charge in [0.15, 0.2) is 0 Å². The number of phenolic OH excluding ortho intramolecular Hbond substituents is 1. The molecule has 0 heterocycles. The molecule has 3 N–H and O–H groups in total. The van der Waals surface area contributed by atoms with Gasteiger partial charge in [-0.2, -0.15) is 0 Å². The van der Waals surface area contributed by atoms with Gasteiger partial charge < -0.3 is 25.4 Å². The summed E-state index contributed by atoms with van der Waals surface area (Å²) in [5.41, 5.74) is -0.201. The van der Waals surface area contributed by atoms with E-state index in [9.17, 15) is 19.5 Å². The average molecular weight is 476 g/mol. The molecule has 1 aliphatic carbocycles. The Morgan fingerprint density at radius 1 is 1.18 bits per heavy atom. The van der Waals surface area contributed by atoms with E-state index >= 15 is 0 Å². The molecule has 1 aromatic carbocycles. The molecule has 34 heavy (non-hydrogen) atoms. The molecule has 3 unspecified atom stereocenters. The first kappa shape index (κ1) is 27.5. The van der Waals surface area contributed by atoms with Gasteiger partial charge in [0.25, 0.3) is 0 Å². The Bertz CT molecular complexity index is 845. The molecule has 0 saturated heterocycles. The van der Waals surface area contributed by atoms with Crippen molar-refractivity contribution in [2.24, 2.45) is 5.92 Å². The Hall–Kier alpha value is -2.77. The normalized spacial score (nSPS) is 17.2. The zero-order valence-electron chi connectivity index (χ0n) is 21.4. The lowest BCUT2D eigenvalue weighted by molar-refractivity contribution is -0.142. The van der Waals surface area contributed by atoms with E-state index in [0.717, 1.165) is 32.1 Å². The molecule has 8 heteroatoms. The van der Waals surface area contributed by atoms with Crippen LogP contribution in [-0.4, -0.2) is 52.6 Å². The first-order valence-corrected chi connectivity index (χ1v) is 12.3. The fourth-order valence-electron chi connectivity index (χ4n) is 4.24. The van der Waals surface area contributed by atoms with Crippen LogP contribution in [0.3, 0.4) is 0 Å². The number of amides is 3. The number of phenols is 1. The zero-order valence-corrected chi connectivity index (χ0v) is 21.4. The summed E-state index contributed by atoms with van der Waals surface area (Å²) in [6.07, 6.45) is 5.06. The summed E-state index contributed by atoms with van der Waals surface area (Å²) in [6.45, 7) is 9.08. The second kappa shape index (κ2) is 12.1. The minimum Gasteiger partial charge on any atom is -0.508 e. The number of hydrogen-bond acceptors (Lipinski definition) is 5. The summed E-state index contributed by atoms with van der Waals surface area (Å²) in [4.78, 5) is 40.9. The van der Waals surface area contributed by atoms with Crippen molar-refractivity contribution in [3.63, 3.8) is 0 Å². The van der Waals surface area contributed by atoms with Crippen molar-refractivity contribution in [3.8, 4) is 5.75 Å². The monoisotopic (exact) mass is 475 g/mol. The van der Waals surface area contributed by atoms with Crippen LogP contribution < -0.4 is 10.6 Å². The Morgan fingerprint density at radius 3 is 2.38 bits per heavy atom. The minimum atomic E-state index is -0.950. The number of hydrogen-bond donors (Lipinski definition) is 3. The van der Waals surface area contributed by atoms with Gasteiger partial charge in [-0.3, -0.25) is 9.59 Å². The van der Waals surface area contributed by atoms with E-state index in [1.807, 2.05) is 13.8 Å². The lowest BCUT2D eigenvalue weighted by atomic mass is 9.94. The summed E-state index contributed by atoms with van der Waals surface area (Å²) >= 11 is 0. The van der Waals surface area contributed by atoms with Crippen LogP contribution in [0.2, 0.25) is 0 Å². The third-order valence-corrected chi connectivity index (χ3v) is 6.27. The maximum atomic E-state index is 13.7. The maximum Gasteiger partial charge on any atom is 0.408 e. The number of nitrogens with zero attached hydrogens (tertiary/aromatic N) is 1. The molecule has 0 aliphatic heterocycles. The average Bonchev–Trinajstić information content (AvgIpc) is 2.76. The van der Waals surface area contributed by atoms with Crippen LogP contribution in [-0.2, 0) is 14.3 Å². The van der Waals surface area contributed by atoms with Crippen molar-refractivity contribution < 1.29 is 24.2 Å². The molecule has 1 fully saturated rings. The van der Waals surface area contributed by atoms with Crippen LogP contribution in [0, 0.1) is 5.92 Å². The number of ether oxygens (including phenoxy) is 1. The van der Waals surface area contributed by atoms with E-state index in [-0.39, 0.29) is 23.6 Å². The third-order valence-electron chi connectivity index (χ3n) is 6.27. The predicted octanol–water partition coefficient (Wildman–Crippen LogP) is 4.28. The van der Waals surface area contributed by atoms with Crippen LogP contribution >= 0.6 is 0 Å². The van der Waals surface area contributed by atoms with Gasteiger partial charge in [-0.25, -0.2) is 4.79 Å². The molecule has 0 bridgehead atoms. The summed E-state index contributed by atoms with van der Waals surface area (Å²) in [6, 6.07) is 4.63. The highest BCUT2D eigenvalue weighted by Crippen LogP contribution is 2.27. The fraction of sp³-hybridized carbons (Fsp3) is 0.654. The smallest absolute Gasteiger partial charge is 0.408 e. The van der Waals surface area contributed by atoms with Crippen molar-refractivity contribution >= 4 is 17.9 Å². The Labute approximate surface area is 203 Å². The third kappa shape index (κ3) is 7.92. The van der Waals surface area contributed by atoms with E-state index in [1.54, 1.807) is 40.0 Å². The number of alkyl carbamates (subject to hydrolysis) is 1. The second-order valence-electron chi connectivity index (χ2n) is 10.3. The predicted molar refractivity (Wildman–Crippen MR) is 131 cm³/mol. The number of nitrogens with one attached hydrogen (secondary N) is 2. The molecule has 1 saturated carbocycles. The number of likely N-dealkylation sites (N-methyl/N-ethyl adjacent to an activating group) is 1. The van der Waals surface area contributed by atoms with Gasteiger partial charge in [0.1, 0.15) is 23.4 Å². The molecule has 3 atom stereocenters. The van der Waals surface area contributed by atoms with Crippen molar-refractivity contribution in [2.45, 2.75) is 96.9 Å². The highest BCUT2D eigenvalue weighted by molar-refractivity contribution is 5.92. The summed E-state index contributed by atoms with van der Waals surface area (Å²) in [7, 11) is 1.56. The van der Waals surface area contributed by atoms with E-state index < -0.39 is 29.7 Å². The Balaban J connectivity index is 2.32. The molecule has 2 rings (SSSR count). The first-order chi connectivity index (χ1) is 15.9. The van der Waals surface area contributed by atoms with E-state index in [1.165, 1.54) is 17.0 Å². The molecular formula is C26H41N3O5. The zero-order chi connectivity index (χ0) is 25.5. The number of aromatic hydroxyl groups is 1. The molecule has 1 aromatic rings. The molecule has 190 valence electrons. The Morgan fingerprint density at radius 2 is 1.82 bits per heavy atom. The van der Waals surface area contributed by atoms with Gasteiger partial charge in [-0.1, -0.05) is 51.7 Å². The Kier molecular flexibility index (Phi) is 9.77. The van der Waals surface area contributed by atoms with Gasteiger partial charge >= 0.3 is 6.09 Å². The molecule has 0 radical (unpaired) electrons. The molecule has 3 amide bonds.